The third-order valence-electron chi connectivity index (χ3n) is 3.70. The van der Waals surface area contributed by atoms with Gasteiger partial charge in [0.05, 0.1) is 12.1 Å². The summed E-state index contributed by atoms with van der Waals surface area (Å²) in [7, 11) is 0. The predicted octanol–water partition coefficient (Wildman–Crippen LogP) is 1.83. The van der Waals surface area contributed by atoms with Crippen molar-refractivity contribution in [2.75, 3.05) is 11.9 Å². The van der Waals surface area contributed by atoms with E-state index in [4.69, 9.17) is 4.52 Å². The molecule has 0 radical (unpaired) electrons. The summed E-state index contributed by atoms with van der Waals surface area (Å²) < 4.78 is 5.12. The average molecular weight is 267 g/mol. The Morgan fingerprint density at radius 1 is 1.58 bits per heavy atom. The van der Waals surface area contributed by atoms with E-state index in [0.717, 1.165) is 12.8 Å². The van der Waals surface area contributed by atoms with Crippen LogP contribution in [0.2, 0.25) is 0 Å². The summed E-state index contributed by atoms with van der Waals surface area (Å²) in [5, 5.41) is 18.9. The highest BCUT2D eigenvalue weighted by molar-refractivity contribution is 5.90. The van der Waals surface area contributed by atoms with Crippen LogP contribution in [-0.4, -0.2) is 28.4 Å². The van der Waals surface area contributed by atoms with Crippen LogP contribution in [0, 0.1) is 12.8 Å². The Balaban J connectivity index is 2.02. The zero-order chi connectivity index (χ0) is 14.0. The summed E-state index contributed by atoms with van der Waals surface area (Å²) in [6.07, 6.45) is 2.75. The molecule has 0 aromatic carbocycles. The maximum absolute atomic E-state index is 12.0. The van der Waals surface area contributed by atoms with Crippen LogP contribution in [0.3, 0.4) is 0 Å². The molecule has 2 rings (SSSR count). The zero-order valence-corrected chi connectivity index (χ0v) is 11.6. The minimum Gasteiger partial charge on any atom is -0.394 e. The second-order valence-electron chi connectivity index (χ2n) is 5.35. The van der Waals surface area contributed by atoms with Crippen molar-refractivity contribution in [3.05, 3.63) is 11.5 Å². The third kappa shape index (κ3) is 2.89. The van der Waals surface area contributed by atoms with E-state index in [1.807, 2.05) is 13.8 Å². The summed E-state index contributed by atoms with van der Waals surface area (Å²) >= 11 is 0. The van der Waals surface area contributed by atoms with Gasteiger partial charge in [0.15, 0.2) is 5.76 Å². The number of aliphatic hydroxyl groups is 1. The highest BCUT2D eigenvalue weighted by Crippen LogP contribution is 2.39. The predicted molar refractivity (Wildman–Crippen MR) is 71.0 cm³/mol. The van der Waals surface area contributed by atoms with E-state index in [1.165, 1.54) is 0 Å². The number of aromatic nitrogens is 1. The molecule has 6 nitrogen and oxygen atoms in total. The third-order valence-corrected chi connectivity index (χ3v) is 3.70. The molecule has 1 aliphatic rings. The number of rotatable bonds is 5. The summed E-state index contributed by atoms with van der Waals surface area (Å²) in [6, 6.07) is -0.329. The Kier molecular flexibility index (Phi) is 3.80. The standard InChI is InChI=1S/C13H21N3O3/c1-4-10-11(8(2)16-19-10)14-12(18)15-13(3,7-17)9-5-6-9/h9,17H,4-7H2,1-3H3,(H2,14,15,18). The van der Waals surface area contributed by atoms with Gasteiger partial charge in [0, 0.05) is 6.42 Å². The zero-order valence-electron chi connectivity index (χ0n) is 11.6. The number of nitrogens with one attached hydrogen (secondary N) is 2. The Bertz CT molecular complexity index is 468. The van der Waals surface area contributed by atoms with Gasteiger partial charge in [-0.3, -0.25) is 0 Å². The number of urea groups is 1. The average Bonchev–Trinajstić information content (AvgIpc) is 3.17. The second-order valence-corrected chi connectivity index (χ2v) is 5.35. The molecule has 0 bridgehead atoms. The van der Waals surface area contributed by atoms with Crippen LogP contribution < -0.4 is 10.6 Å². The molecule has 106 valence electrons. The lowest BCUT2D eigenvalue weighted by Crippen LogP contribution is -2.52. The SMILES string of the molecule is CCc1onc(C)c1NC(=O)NC(C)(CO)C1CC1. The molecular weight excluding hydrogens is 246 g/mol. The van der Waals surface area contributed by atoms with E-state index in [0.29, 0.717) is 29.5 Å². The molecule has 1 aromatic heterocycles. The maximum Gasteiger partial charge on any atom is 0.319 e. The number of amides is 2. The van der Waals surface area contributed by atoms with Crippen LogP contribution in [0.15, 0.2) is 4.52 Å². The molecule has 1 saturated carbocycles. The van der Waals surface area contributed by atoms with Crippen molar-refractivity contribution in [1.29, 1.82) is 0 Å². The van der Waals surface area contributed by atoms with Gasteiger partial charge in [-0.2, -0.15) is 0 Å². The molecular formula is C13H21N3O3. The smallest absolute Gasteiger partial charge is 0.319 e. The summed E-state index contributed by atoms with van der Waals surface area (Å²) in [5.41, 5.74) is 0.724. The van der Waals surface area contributed by atoms with Gasteiger partial charge in [-0.05, 0) is 32.6 Å². The number of hydrogen-bond donors (Lipinski definition) is 3. The second kappa shape index (κ2) is 5.21. The van der Waals surface area contributed by atoms with Crippen LogP contribution in [-0.2, 0) is 6.42 Å². The van der Waals surface area contributed by atoms with Crippen LogP contribution in [0.1, 0.15) is 38.1 Å². The minimum atomic E-state index is -0.554. The molecule has 1 fully saturated rings. The van der Waals surface area contributed by atoms with Crippen LogP contribution in [0.4, 0.5) is 10.5 Å². The lowest BCUT2D eigenvalue weighted by molar-refractivity contribution is 0.159. The largest absolute Gasteiger partial charge is 0.394 e. The highest BCUT2D eigenvalue weighted by atomic mass is 16.5. The Labute approximate surface area is 112 Å². The summed E-state index contributed by atoms with van der Waals surface area (Å²) in [4.78, 5) is 12.0. The molecule has 1 unspecified atom stereocenters. The lowest BCUT2D eigenvalue weighted by atomic mass is 9.97. The lowest BCUT2D eigenvalue weighted by Gasteiger charge is -2.28. The van der Waals surface area contributed by atoms with Crippen molar-refractivity contribution in [2.24, 2.45) is 5.92 Å². The molecule has 1 atom stereocenters. The van der Waals surface area contributed by atoms with Crippen LogP contribution in [0.5, 0.6) is 0 Å². The van der Waals surface area contributed by atoms with Gasteiger partial charge in [-0.25, -0.2) is 4.79 Å². The number of nitrogens with zero attached hydrogens (tertiary/aromatic N) is 1. The van der Waals surface area contributed by atoms with Gasteiger partial charge in [-0.15, -0.1) is 0 Å². The normalized spacial score (nSPS) is 17.9. The number of carbonyl (C=O) groups is 1. The summed E-state index contributed by atoms with van der Waals surface area (Å²) in [6.45, 7) is 5.52. The molecule has 0 aliphatic heterocycles. The number of aryl methyl sites for hydroxylation is 2. The maximum atomic E-state index is 12.0. The number of anilines is 1. The molecule has 0 saturated heterocycles. The fourth-order valence-corrected chi connectivity index (χ4v) is 2.21. The minimum absolute atomic E-state index is 0.0612. The van der Waals surface area contributed by atoms with E-state index >= 15 is 0 Å². The quantitative estimate of drug-likeness (QED) is 0.759. The Morgan fingerprint density at radius 2 is 2.26 bits per heavy atom. The highest BCUT2D eigenvalue weighted by Gasteiger charge is 2.42. The van der Waals surface area contributed by atoms with Crippen LogP contribution in [0.25, 0.3) is 0 Å². The molecule has 2 amide bonds. The van der Waals surface area contributed by atoms with Crippen molar-refractivity contribution in [3.8, 4) is 0 Å². The van der Waals surface area contributed by atoms with Gasteiger partial charge in [0.1, 0.15) is 11.4 Å². The molecule has 3 N–H and O–H groups in total. The fraction of sp³-hybridized carbons (Fsp3) is 0.692. The number of aliphatic hydroxyl groups excluding tert-OH is 1. The van der Waals surface area contributed by atoms with Crippen molar-refractivity contribution < 1.29 is 14.4 Å². The fourth-order valence-electron chi connectivity index (χ4n) is 2.21. The Morgan fingerprint density at radius 3 is 2.79 bits per heavy atom. The topological polar surface area (TPSA) is 87.4 Å². The van der Waals surface area contributed by atoms with Gasteiger partial charge in [0.2, 0.25) is 0 Å². The first-order chi connectivity index (χ1) is 9.00. The van der Waals surface area contributed by atoms with E-state index in [-0.39, 0.29) is 12.6 Å². The molecule has 1 heterocycles. The summed E-state index contributed by atoms with van der Waals surface area (Å²) in [5.74, 6) is 1.02. The molecule has 1 aliphatic carbocycles. The van der Waals surface area contributed by atoms with E-state index in [2.05, 4.69) is 15.8 Å². The molecule has 19 heavy (non-hydrogen) atoms. The first-order valence-corrected chi connectivity index (χ1v) is 6.65. The van der Waals surface area contributed by atoms with Gasteiger partial charge >= 0.3 is 6.03 Å². The van der Waals surface area contributed by atoms with E-state index in [9.17, 15) is 9.90 Å². The molecule has 0 spiro atoms. The van der Waals surface area contributed by atoms with Crippen molar-refractivity contribution >= 4 is 11.7 Å². The van der Waals surface area contributed by atoms with Gasteiger partial charge in [0.25, 0.3) is 0 Å². The monoisotopic (exact) mass is 267 g/mol. The first-order valence-electron chi connectivity index (χ1n) is 6.65. The first kappa shape index (κ1) is 13.9. The van der Waals surface area contributed by atoms with Gasteiger partial charge < -0.3 is 20.3 Å². The molecule has 1 aromatic rings. The van der Waals surface area contributed by atoms with Gasteiger partial charge in [-0.1, -0.05) is 12.1 Å². The van der Waals surface area contributed by atoms with Crippen molar-refractivity contribution in [2.45, 2.75) is 45.6 Å². The van der Waals surface area contributed by atoms with E-state index < -0.39 is 5.54 Å². The van der Waals surface area contributed by atoms with Crippen LogP contribution >= 0.6 is 0 Å². The number of carbonyl (C=O) groups excluding carboxylic acids is 1. The molecule has 6 heteroatoms. The Hall–Kier alpha value is -1.56. The van der Waals surface area contributed by atoms with Crippen molar-refractivity contribution in [1.82, 2.24) is 10.5 Å². The van der Waals surface area contributed by atoms with E-state index in [1.54, 1.807) is 6.92 Å². The number of hydrogen-bond acceptors (Lipinski definition) is 4. The van der Waals surface area contributed by atoms with Crippen molar-refractivity contribution in [3.63, 3.8) is 0 Å².